The molecule has 0 fully saturated rings. The average Bonchev–Trinajstić information content (AvgIpc) is 2.27. The first-order valence-corrected chi connectivity index (χ1v) is 5.16. The van der Waals surface area contributed by atoms with Crippen molar-refractivity contribution in [3.8, 4) is 0 Å². The Morgan fingerprint density at radius 3 is 2.50 bits per heavy atom. The summed E-state index contributed by atoms with van der Waals surface area (Å²) in [5.74, 6) is 0. The Hall–Kier alpha value is -1.08. The topological polar surface area (TPSA) is 12.9 Å². The Balaban J connectivity index is 0.000000461. The van der Waals surface area contributed by atoms with Crippen LogP contribution in [0.1, 0.15) is 19.4 Å². The molecule has 1 aromatic carbocycles. The van der Waals surface area contributed by atoms with Crippen molar-refractivity contribution in [2.45, 2.75) is 20.8 Å². The number of halogens is 1. The molecule has 0 aliphatic rings. The highest BCUT2D eigenvalue weighted by Crippen LogP contribution is 2.24. The van der Waals surface area contributed by atoms with Gasteiger partial charge in [0.05, 0.1) is 10.5 Å². The Bertz CT molecular complexity index is 424. The standard InChI is InChI=1S/C10H8ClN.C2H6/c1-7-6-12-9-5-3-2-4-8(9)10(7)11;1-2/h2-6H,1H3;1-2H3. The van der Waals surface area contributed by atoms with Gasteiger partial charge in [0.15, 0.2) is 0 Å². The summed E-state index contributed by atoms with van der Waals surface area (Å²) < 4.78 is 0. The quantitative estimate of drug-likeness (QED) is 0.630. The fourth-order valence-electron chi connectivity index (χ4n) is 1.21. The molecule has 1 aromatic heterocycles. The molecule has 1 heterocycles. The third kappa shape index (κ3) is 2.05. The first kappa shape index (κ1) is 11.0. The molecule has 0 aliphatic carbocycles. The van der Waals surface area contributed by atoms with Crippen LogP contribution in [0.25, 0.3) is 10.9 Å². The van der Waals surface area contributed by atoms with E-state index in [1.165, 1.54) is 0 Å². The van der Waals surface area contributed by atoms with Crippen LogP contribution in [0, 0.1) is 6.92 Å². The lowest BCUT2D eigenvalue weighted by molar-refractivity contribution is 1.33. The maximum absolute atomic E-state index is 6.09. The molecule has 14 heavy (non-hydrogen) atoms. The second-order valence-electron chi connectivity index (χ2n) is 2.77. The summed E-state index contributed by atoms with van der Waals surface area (Å²) in [6, 6.07) is 7.87. The fourth-order valence-corrected chi connectivity index (χ4v) is 1.42. The van der Waals surface area contributed by atoms with Gasteiger partial charge in [-0.15, -0.1) is 0 Å². The smallest absolute Gasteiger partial charge is 0.0717 e. The van der Waals surface area contributed by atoms with Crippen molar-refractivity contribution in [1.29, 1.82) is 0 Å². The molecule has 0 saturated heterocycles. The molecule has 74 valence electrons. The summed E-state index contributed by atoms with van der Waals surface area (Å²) in [6.45, 7) is 5.96. The fraction of sp³-hybridized carbons (Fsp3) is 0.250. The molecule has 0 radical (unpaired) electrons. The molecule has 2 aromatic rings. The number of aromatic nitrogens is 1. The molecule has 1 nitrogen and oxygen atoms in total. The van der Waals surface area contributed by atoms with Gasteiger partial charge in [0.2, 0.25) is 0 Å². The molecule has 0 unspecified atom stereocenters. The van der Waals surface area contributed by atoms with Gasteiger partial charge in [0.1, 0.15) is 0 Å². The number of fused-ring (bicyclic) bond motifs is 1. The van der Waals surface area contributed by atoms with Gasteiger partial charge in [-0.25, -0.2) is 0 Å². The van der Waals surface area contributed by atoms with E-state index in [1.807, 2.05) is 45.0 Å². The van der Waals surface area contributed by atoms with Crippen molar-refractivity contribution in [3.05, 3.63) is 41.0 Å². The normalized spacial score (nSPS) is 9.43. The number of rotatable bonds is 0. The number of benzene rings is 1. The summed E-state index contributed by atoms with van der Waals surface area (Å²) in [6.07, 6.45) is 1.80. The molecule has 0 saturated carbocycles. The second kappa shape index (κ2) is 4.97. The third-order valence-electron chi connectivity index (χ3n) is 1.88. The first-order chi connectivity index (χ1) is 6.79. The number of hydrogen-bond acceptors (Lipinski definition) is 1. The Morgan fingerprint density at radius 1 is 1.14 bits per heavy atom. The second-order valence-corrected chi connectivity index (χ2v) is 3.15. The number of pyridine rings is 1. The molecule has 0 atom stereocenters. The zero-order valence-electron chi connectivity index (χ0n) is 8.71. The van der Waals surface area contributed by atoms with Crippen LogP contribution in [0.2, 0.25) is 5.02 Å². The number of nitrogens with zero attached hydrogens (tertiary/aromatic N) is 1. The molecule has 0 aliphatic heterocycles. The summed E-state index contributed by atoms with van der Waals surface area (Å²) in [5, 5.41) is 1.83. The van der Waals surface area contributed by atoms with E-state index in [0.29, 0.717) is 0 Å². The zero-order chi connectivity index (χ0) is 10.6. The van der Waals surface area contributed by atoms with Crippen molar-refractivity contribution < 1.29 is 0 Å². The molecular weight excluding hydrogens is 194 g/mol. The van der Waals surface area contributed by atoms with Gasteiger partial charge in [-0.05, 0) is 18.6 Å². The lowest BCUT2D eigenvalue weighted by atomic mass is 10.2. The first-order valence-electron chi connectivity index (χ1n) is 4.79. The molecular formula is C12H14ClN. The zero-order valence-corrected chi connectivity index (χ0v) is 9.47. The SMILES string of the molecule is CC.Cc1cnc2ccccc2c1Cl. The van der Waals surface area contributed by atoms with Crippen LogP contribution in [-0.2, 0) is 0 Å². The number of aryl methyl sites for hydroxylation is 1. The average molecular weight is 208 g/mol. The van der Waals surface area contributed by atoms with Crippen molar-refractivity contribution in [3.63, 3.8) is 0 Å². The van der Waals surface area contributed by atoms with Crippen LogP contribution < -0.4 is 0 Å². The van der Waals surface area contributed by atoms with Gasteiger partial charge in [-0.3, -0.25) is 4.98 Å². The van der Waals surface area contributed by atoms with Crippen LogP contribution in [0.3, 0.4) is 0 Å². The summed E-state index contributed by atoms with van der Waals surface area (Å²) in [4.78, 5) is 4.26. The van der Waals surface area contributed by atoms with E-state index in [1.54, 1.807) is 6.20 Å². The Labute approximate surface area is 89.7 Å². The highest BCUT2D eigenvalue weighted by atomic mass is 35.5. The van der Waals surface area contributed by atoms with Crippen LogP contribution in [-0.4, -0.2) is 4.98 Å². The van der Waals surface area contributed by atoms with E-state index in [-0.39, 0.29) is 0 Å². The number of para-hydroxylation sites is 1. The van der Waals surface area contributed by atoms with Crippen LogP contribution >= 0.6 is 11.6 Å². The van der Waals surface area contributed by atoms with E-state index in [4.69, 9.17) is 11.6 Å². The van der Waals surface area contributed by atoms with E-state index in [0.717, 1.165) is 21.5 Å². The highest BCUT2D eigenvalue weighted by Gasteiger charge is 2.00. The van der Waals surface area contributed by atoms with Crippen LogP contribution in [0.4, 0.5) is 0 Å². The molecule has 0 amide bonds. The Kier molecular flexibility index (Phi) is 3.90. The lowest BCUT2D eigenvalue weighted by Gasteiger charge is -2.01. The highest BCUT2D eigenvalue weighted by molar-refractivity contribution is 6.36. The molecule has 0 bridgehead atoms. The van der Waals surface area contributed by atoms with Gasteiger partial charge in [-0.2, -0.15) is 0 Å². The minimum Gasteiger partial charge on any atom is -0.256 e. The van der Waals surface area contributed by atoms with E-state index >= 15 is 0 Å². The summed E-state index contributed by atoms with van der Waals surface area (Å²) in [5.41, 5.74) is 1.98. The summed E-state index contributed by atoms with van der Waals surface area (Å²) >= 11 is 6.09. The van der Waals surface area contributed by atoms with Gasteiger partial charge < -0.3 is 0 Å². The van der Waals surface area contributed by atoms with Gasteiger partial charge >= 0.3 is 0 Å². The minimum atomic E-state index is 0.806. The maximum Gasteiger partial charge on any atom is 0.0717 e. The van der Waals surface area contributed by atoms with E-state index in [9.17, 15) is 0 Å². The van der Waals surface area contributed by atoms with Crippen molar-refractivity contribution >= 4 is 22.5 Å². The maximum atomic E-state index is 6.09. The predicted molar refractivity (Wildman–Crippen MR) is 62.8 cm³/mol. The Morgan fingerprint density at radius 2 is 1.79 bits per heavy atom. The minimum absolute atomic E-state index is 0.806. The van der Waals surface area contributed by atoms with Gasteiger partial charge in [0, 0.05) is 11.6 Å². The molecule has 0 spiro atoms. The third-order valence-corrected chi connectivity index (χ3v) is 2.39. The van der Waals surface area contributed by atoms with Crippen molar-refractivity contribution in [1.82, 2.24) is 4.98 Å². The van der Waals surface area contributed by atoms with E-state index in [2.05, 4.69) is 4.98 Å². The van der Waals surface area contributed by atoms with Crippen LogP contribution in [0.15, 0.2) is 30.5 Å². The van der Waals surface area contributed by atoms with Crippen LogP contribution in [0.5, 0.6) is 0 Å². The summed E-state index contributed by atoms with van der Waals surface area (Å²) in [7, 11) is 0. The lowest BCUT2D eigenvalue weighted by Crippen LogP contribution is -1.82. The molecule has 2 rings (SSSR count). The molecule has 2 heteroatoms. The van der Waals surface area contributed by atoms with Crippen molar-refractivity contribution in [2.75, 3.05) is 0 Å². The van der Waals surface area contributed by atoms with E-state index < -0.39 is 0 Å². The predicted octanol–water partition coefficient (Wildman–Crippen LogP) is 4.22. The molecule has 0 N–H and O–H groups in total. The number of hydrogen-bond donors (Lipinski definition) is 0. The monoisotopic (exact) mass is 207 g/mol. The van der Waals surface area contributed by atoms with Crippen molar-refractivity contribution in [2.24, 2.45) is 0 Å². The van der Waals surface area contributed by atoms with Gasteiger partial charge in [0.25, 0.3) is 0 Å². The van der Waals surface area contributed by atoms with Gasteiger partial charge in [-0.1, -0.05) is 43.6 Å². The largest absolute Gasteiger partial charge is 0.256 e.